The fourth-order valence-corrected chi connectivity index (χ4v) is 3.31. The molecule has 1 fully saturated rings. The first-order valence-electron chi connectivity index (χ1n) is 6.29. The van der Waals surface area contributed by atoms with Gasteiger partial charge in [-0.3, -0.25) is 0 Å². The molecule has 3 heterocycles. The smallest absolute Gasteiger partial charge is 0.147 e. The first-order chi connectivity index (χ1) is 8.75. The first-order valence-corrected chi connectivity index (χ1v) is 7.16. The summed E-state index contributed by atoms with van der Waals surface area (Å²) < 4.78 is 6.59. The molecular formula is C13H17N3OS. The standard InChI is InChI=1S/C13H17N3OS/c1-8-6-18-12-11(8)14-7-15-13(12)16-9(2)10-3-4-17-5-10/h6-7,9-10H,3-5H2,1-2H3,(H,14,15,16). The Morgan fingerprint density at radius 1 is 1.50 bits per heavy atom. The number of hydrogen-bond acceptors (Lipinski definition) is 5. The van der Waals surface area contributed by atoms with Crippen molar-refractivity contribution in [2.75, 3.05) is 18.5 Å². The molecule has 0 aliphatic carbocycles. The molecule has 2 aromatic heterocycles. The Bertz CT molecular complexity index is 548. The molecule has 3 rings (SSSR count). The highest BCUT2D eigenvalue weighted by atomic mass is 32.1. The van der Waals surface area contributed by atoms with E-state index in [0.717, 1.165) is 35.7 Å². The second kappa shape index (κ2) is 4.82. The number of anilines is 1. The Morgan fingerprint density at radius 3 is 3.17 bits per heavy atom. The molecule has 0 bridgehead atoms. The van der Waals surface area contributed by atoms with E-state index in [1.807, 2.05) is 0 Å². The molecule has 1 aliphatic rings. The maximum atomic E-state index is 5.44. The summed E-state index contributed by atoms with van der Waals surface area (Å²) in [5.74, 6) is 1.54. The number of thiophene rings is 1. The van der Waals surface area contributed by atoms with Crippen molar-refractivity contribution >= 4 is 27.4 Å². The van der Waals surface area contributed by atoms with Crippen LogP contribution in [0.1, 0.15) is 18.9 Å². The second-order valence-corrected chi connectivity index (χ2v) is 5.76. The van der Waals surface area contributed by atoms with Gasteiger partial charge in [0, 0.05) is 18.6 Å². The molecule has 1 aliphatic heterocycles. The lowest BCUT2D eigenvalue weighted by atomic mass is 10.0. The lowest BCUT2D eigenvalue weighted by Gasteiger charge is -2.19. The number of fused-ring (bicyclic) bond motifs is 1. The summed E-state index contributed by atoms with van der Waals surface area (Å²) in [6.07, 6.45) is 2.77. The van der Waals surface area contributed by atoms with Crippen LogP contribution in [0.4, 0.5) is 5.82 Å². The Morgan fingerprint density at radius 2 is 2.39 bits per heavy atom. The largest absolute Gasteiger partial charge is 0.381 e. The predicted octanol–water partition coefficient (Wildman–Crippen LogP) is 2.84. The summed E-state index contributed by atoms with van der Waals surface area (Å²) in [5, 5.41) is 5.65. The Balaban J connectivity index is 1.85. The summed E-state index contributed by atoms with van der Waals surface area (Å²) in [4.78, 5) is 8.72. The van der Waals surface area contributed by atoms with E-state index in [9.17, 15) is 0 Å². The molecule has 96 valence electrons. The highest BCUT2D eigenvalue weighted by Gasteiger charge is 2.23. The summed E-state index contributed by atoms with van der Waals surface area (Å²) in [5.41, 5.74) is 2.28. The number of rotatable bonds is 3. The van der Waals surface area contributed by atoms with E-state index in [0.29, 0.717) is 12.0 Å². The van der Waals surface area contributed by atoms with E-state index in [1.165, 1.54) is 5.56 Å². The minimum atomic E-state index is 0.382. The van der Waals surface area contributed by atoms with E-state index in [-0.39, 0.29) is 0 Å². The lowest BCUT2D eigenvalue weighted by Crippen LogP contribution is -2.26. The highest BCUT2D eigenvalue weighted by Crippen LogP contribution is 2.30. The van der Waals surface area contributed by atoms with Crippen LogP contribution in [0.15, 0.2) is 11.7 Å². The predicted molar refractivity (Wildman–Crippen MR) is 74.2 cm³/mol. The molecule has 0 spiro atoms. The fraction of sp³-hybridized carbons (Fsp3) is 0.538. The van der Waals surface area contributed by atoms with Crippen molar-refractivity contribution in [3.8, 4) is 0 Å². The zero-order valence-electron chi connectivity index (χ0n) is 10.6. The van der Waals surface area contributed by atoms with E-state index >= 15 is 0 Å². The Kier molecular flexibility index (Phi) is 3.18. The Labute approximate surface area is 110 Å². The van der Waals surface area contributed by atoms with Gasteiger partial charge in [-0.25, -0.2) is 9.97 Å². The SMILES string of the molecule is Cc1csc2c(NC(C)C3CCOC3)ncnc12. The number of aromatic nitrogens is 2. The van der Waals surface area contributed by atoms with Crippen molar-refractivity contribution in [1.29, 1.82) is 0 Å². The molecule has 1 saturated heterocycles. The molecule has 5 heteroatoms. The van der Waals surface area contributed by atoms with Gasteiger partial charge in [0.15, 0.2) is 0 Å². The normalized spacial score (nSPS) is 21.3. The quantitative estimate of drug-likeness (QED) is 0.925. The minimum Gasteiger partial charge on any atom is -0.381 e. The van der Waals surface area contributed by atoms with Gasteiger partial charge in [-0.15, -0.1) is 11.3 Å². The van der Waals surface area contributed by atoms with Crippen molar-refractivity contribution in [3.63, 3.8) is 0 Å². The molecule has 4 nitrogen and oxygen atoms in total. The molecule has 0 saturated carbocycles. The number of hydrogen-bond donors (Lipinski definition) is 1. The summed E-state index contributed by atoms with van der Waals surface area (Å²) >= 11 is 1.71. The third kappa shape index (κ3) is 2.08. The van der Waals surface area contributed by atoms with E-state index in [1.54, 1.807) is 17.7 Å². The van der Waals surface area contributed by atoms with Crippen LogP contribution in [0.2, 0.25) is 0 Å². The summed E-state index contributed by atoms with van der Waals surface area (Å²) in [6, 6.07) is 0.382. The van der Waals surface area contributed by atoms with Gasteiger partial charge in [0.05, 0.1) is 16.8 Å². The minimum absolute atomic E-state index is 0.382. The molecule has 2 aromatic rings. The van der Waals surface area contributed by atoms with Crippen LogP contribution in [0, 0.1) is 12.8 Å². The average Bonchev–Trinajstić information content (AvgIpc) is 3.00. The van der Waals surface area contributed by atoms with E-state index in [2.05, 4.69) is 34.5 Å². The zero-order valence-corrected chi connectivity index (χ0v) is 11.5. The van der Waals surface area contributed by atoms with Crippen LogP contribution in [0.25, 0.3) is 10.2 Å². The van der Waals surface area contributed by atoms with Gasteiger partial charge in [0.25, 0.3) is 0 Å². The van der Waals surface area contributed by atoms with E-state index in [4.69, 9.17) is 4.74 Å². The number of nitrogens with one attached hydrogen (secondary N) is 1. The first kappa shape index (κ1) is 11.9. The third-order valence-electron chi connectivity index (χ3n) is 3.57. The summed E-state index contributed by atoms with van der Waals surface area (Å²) in [6.45, 7) is 6.03. The van der Waals surface area contributed by atoms with Crippen LogP contribution in [0.3, 0.4) is 0 Å². The topological polar surface area (TPSA) is 47.0 Å². The van der Waals surface area contributed by atoms with Crippen LogP contribution in [0.5, 0.6) is 0 Å². The number of aryl methyl sites for hydroxylation is 1. The molecule has 2 atom stereocenters. The Hall–Kier alpha value is -1.20. The molecule has 0 radical (unpaired) electrons. The third-order valence-corrected chi connectivity index (χ3v) is 4.66. The van der Waals surface area contributed by atoms with Gasteiger partial charge in [-0.05, 0) is 31.2 Å². The van der Waals surface area contributed by atoms with Crippen molar-refractivity contribution in [2.45, 2.75) is 26.3 Å². The maximum Gasteiger partial charge on any atom is 0.147 e. The summed E-state index contributed by atoms with van der Waals surface area (Å²) in [7, 11) is 0. The molecule has 18 heavy (non-hydrogen) atoms. The van der Waals surface area contributed by atoms with Gasteiger partial charge < -0.3 is 10.1 Å². The second-order valence-electron chi connectivity index (χ2n) is 4.88. The van der Waals surface area contributed by atoms with Crippen LogP contribution in [-0.2, 0) is 4.74 Å². The van der Waals surface area contributed by atoms with Gasteiger partial charge >= 0.3 is 0 Å². The molecule has 0 amide bonds. The molecule has 0 aromatic carbocycles. The average molecular weight is 263 g/mol. The van der Waals surface area contributed by atoms with Crippen molar-refractivity contribution in [3.05, 3.63) is 17.3 Å². The van der Waals surface area contributed by atoms with Crippen molar-refractivity contribution in [1.82, 2.24) is 9.97 Å². The fourth-order valence-electron chi connectivity index (χ4n) is 2.35. The monoisotopic (exact) mass is 263 g/mol. The van der Waals surface area contributed by atoms with Crippen molar-refractivity contribution < 1.29 is 4.74 Å². The van der Waals surface area contributed by atoms with Crippen LogP contribution < -0.4 is 5.32 Å². The van der Waals surface area contributed by atoms with Gasteiger partial charge in [-0.2, -0.15) is 0 Å². The molecular weight excluding hydrogens is 246 g/mol. The molecule has 2 unspecified atom stereocenters. The highest BCUT2D eigenvalue weighted by molar-refractivity contribution is 7.18. The van der Waals surface area contributed by atoms with Crippen molar-refractivity contribution in [2.24, 2.45) is 5.92 Å². The van der Waals surface area contributed by atoms with Gasteiger partial charge in [0.1, 0.15) is 12.1 Å². The number of nitrogens with zero attached hydrogens (tertiary/aromatic N) is 2. The number of ether oxygens (including phenoxy) is 1. The van der Waals surface area contributed by atoms with Crippen LogP contribution in [-0.4, -0.2) is 29.2 Å². The lowest BCUT2D eigenvalue weighted by molar-refractivity contribution is 0.183. The van der Waals surface area contributed by atoms with Gasteiger partial charge in [0.2, 0.25) is 0 Å². The van der Waals surface area contributed by atoms with Crippen LogP contribution >= 0.6 is 11.3 Å². The van der Waals surface area contributed by atoms with Gasteiger partial charge in [-0.1, -0.05) is 0 Å². The van der Waals surface area contributed by atoms with E-state index < -0.39 is 0 Å². The zero-order chi connectivity index (χ0) is 12.5. The molecule has 1 N–H and O–H groups in total. The maximum absolute atomic E-state index is 5.44.